The second-order valence-electron chi connectivity index (χ2n) is 5.72. The van der Waals surface area contributed by atoms with Crippen LogP contribution >= 0.6 is 11.6 Å². The molecule has 2 heterocycles. The van der Waals surface area contributed by atoms with Gasteiger partial charge < -0.3 is 14.2 Å². The fraction of sp³-hybridized carbons (Fsp3) is 0.333. The Hall–Kier alpha value is -2.01. The van der Waals surface area contributed by atoms with E-state index in [-0.39, 0.29) is 12.2 Å². The first kappa shape index (κ1) is 13.9. The third-order valence-corrected chi connectivity index (χ3v) is 3.10. The first-order valence-corrected chi connectivity index (χ1v) is 6.92. The molecule has 1 aromatic carbocycles. The maximum atomic E-state index is 6.04. The van der Waals surface area contributed by atoms with Crippen molar-refractivity contribution < 1.29 is 14.2 Å². The van der Waals surface area contributed by atoms with Crippen molar-refractivity contribution in [2.45, 2.75) is 26.2 Å². The van der Waals surface area contributed by atoms with Crippen molar-refractivity contribution in [1.82, 2.24) is 9.97 Å². The van der Waals surface area contributed by atoms with Crippen LogP contribution < -0.4 is 14.2 Å². The van der Waals surface area contributed by atoms with Crippen LogP contribution in [0, 0.1) is 0 Å². The van der Waals surface area contributed by atoms with Crippen molar-refractivity contribution in [1.29, 1.82) is 0 Å². The molecule has 0 unspecified atom stereocenters. The van der Waals surface area contributed by atoms with Crippen LogP contribution in [0.4, 0.5) is 0 Å². The van der Waals surface area contributed by atoms with Crippen LogP contribution in [-0.4, -0.2) is 16.8 Å². The predicted octanol–water partition coefficient (Wildman–Crippen LogP) is 3.95. The van der Waals surface area contributed by atoms with Gasteiger partial charge in [0, 0.05) is 17.5 Å². The van der Waals surface area contributed by atoms with E-state index in [1.54, 1.807) is 24.3 Å². The van der Waals surface area contributed by atoms with Gasteiger partial charge in [-0.25, -0.2) is 4.98 Å². The highest BCUT2D eigenvalue weighted by Crippen LogP contribution is 2.36. The number of hydrogen-bond donors (Lipinski definition) is 0. The summed E-state index contributed by atoms with van der Waals surface area (Å²) in [7, 11) is 0. The van der Waals surface area contributed by atoms with Gasteiger partial charge in [0.25, 0.3) is 0 Å². The molecule has 0 saturated heterocycles. The van der Waals surface area contributed by atoms with Crippen molar-refractivity contribution >= 4 is 11.6 Å². The average molecular weight is 307 g/mol. The topological polar surface area (TPSA) is 53.5 Å². The summed E-state index contributed by atoms with van der Waals surface area (Å²) in [6.07, 6.45) is 0. The number of halogens is 1. The summed E-state index contributed by atoms with van der Waals surface area (Å²) in [6, 6.07) is 6.93. The third-order valence-electron chi connectivity index (χ3n) is 2.91. The Bertz CT molecular complexity index is 683. The van der Waals surface area contributed by atoms with Crippen molar-refractivity contribution in [3.05, 3.63) is 35.2 Å². The molecule has 0 fully saturated rings. The minimum Gasteiger partial charge on any atom is -0.454 e. The highest BCUT2D eigenvalue weighted by molar-refractivity contribution is 6.29. The first-order valence-electron chi connectivity index (χ1n) is 6.54. The molecule has 2 aromatic rings. The summed E-state index contributed by atoms with van der Waals surface area (Å²) in [5.74, 6) is 3.00. The van der Waals surface area contributed by atoms with E-state index in [1.807, 2.05) is 20.8 Å². The summed E-state index contributed by atoms with van der Waals surface area (Å²) in [4.78, 5) is 8.64. The maximum absolute atomic E-state index is 6.04. The average Bonchev–Trinajstić information content (AvgIpc) is 2.84. The van der Waals surface area contributed by atoms with Gasteiger partial charge in [0.1, 0.15) is 16.7 Å². The minimum atomic E-state index is -0.210. The van der Waals surface area contributed by atoms with Crippen molar-refractivity contribution in [3.8, 4) is 23.1 Å². The molecule has 21 heavy (non-hydrogen) atoms. The Morgan fingerprint density at radius 3 is 2.62 bits per heavy atom. The molecule has 1 aromatic heterocycles. The Morgan fingerprint density at radius 2 is 1.86 bits per heavy atom. The van der Waals surface area contributed by atoms with E-state index < -0.39 is 0 Å². The lowest BCUT2D eigenvalue weighted by Crippen LogP contribution is -2.16. The molecular weight excluding hydrogens is 292 g/mol. The molecule has 110 valence electrons. The standard InChI is InChI=1S/C15H15ClN2O3/c1-15(2,3)14-17-12(16)7-13(18-14)21-9-4-5-10-11(6-9)20-8-19-10/h4-7H,8H2,1-3H3. The number of benzene rings is 1. The van der Waals surface area contributed by atoms with Gasteiger partial charge in [-0.3, -0.25) is 0 Å². The zero-order valence-electron chi connectivity index (χ0n) is 12.0. The summed E-state index contributed by atoms with van der Waals surface area (Å²) >= 11 is 6.04. The van der Waals surface area contributed by atoms with Crippen molar-refractivity contribution in [2.75, 3.05) is 6.79 Å². The van der Waals surface area contributed by atoms with Gasteiger partial charge in [-0.1, -0.05) is 32.4 Å². The Morgan fingerprint density at radius 1 is 1.10 bits per heavy atom. The van der Waals surface area contributed by atoms with Crippen LogP contribution in [0.5, 0.6) is 23.1 Å². The lowest BCUT2D eigenvalue weighted by molar-refractivity contribution is 0.174. The molecule has 1 aliphatic rings. The van der Waals surface area contributed by atoms with Crippen molar-refractivity contribution in [2.24, 2.45) is 0 Å². The van der Waals surface area contributed by atoms with E-state index >= 15 is 0 Å². The summed E-state index contributed by atoms with van der Waals surface area (Å²) < 4.78 is 16.3. The largest absolute Gasteiger partial charge is 0.454 e. The van der Waals surface area contributed by atoms with Crippen molar-refractivity contribution in [3.63, 3.8) is 0 Å². The fourth-order valence-corrected chi connectivity index (χ4v) is 2.02. The van der Waals surface area contributed by atoms with Gasteiger partial charge in [0.15, 0.2) is 11.5 Å². The smallest absolute Gasteiger partial charge is 0.231 e. The SMILES string of the molecule is CC(C)(C)c1nc(Cl)cc(Oc2ccc3c(c2)OCO3)n1. The van der Waals surface area contributed by atoms with Gasteiger partial charge in [-0.15, -0.1) is 0 Å². The predicted molar refractivity (Wildman–Crippen MR) is 78.4 cm³/mol. The van der Waals surface area contributed by atoms with Gasteiger partial charge >= 0.3 is 0 Å². The molecule has 0 aliphatic carbocycles. The first-order chi connectivity index (χ1) is 9.91. The van der Waals surface area contributed by atoms with E-state index in [0.29, 0.717) is 34.1 Å². The molecule has 0 N–H and O–H groups in total. The molecule has 3 rings (SSSR count). The molecule has 0 spiro atoms. The lowest BCUT2D eigenvalue weighted by Gasteiger charge is -2.17. The van der Waals surface area contributed by atoms with Gasteiger partial charge in [0.2, 0.25) is 12.7 Å². The fourth-order valence-electron chi connectivity index (χ4n) is 1.85. The summed E-state index contributed by atoms with van der Waals surface area (Å²) in [6.45, 7) is 6.28. The van der Waals surface area contributed by atoms with E-state index in [2.05, 4.69) is 9.97 Å². The van der Waals surface area contributed by atoms with Gasteiger partial charge in [-0.05, 0) is 12.1 Å². The molecule has 5 nitrogen and oxygen atoms in total. The Labute approximate surface area is 127 Å². The highest BCUT2D eigenvalue weighted by atomic mass is 35.5. The number of fused-ring (bicyclic) bond motifs is 1. The van der Waals surface area contributed by atoms with E-state index in [1.165, 1.54) is 0 Å². The number of rotatable bonds is 2. The van der Waals surface area contributed by atoms with Crippen LogP contribution in [0.1, 0.15) is 26.6 Å². The summed E-state index contributed by atoms with van der Waals surface area (Å²) in [5, 5.41) is 0.352. The molecule has 1 aliphatic heterocycles. The molecule has 0 atom stereocenters. The van der Waals surface area contributed by atoms with Crippen LogP contribution in [0.25, 0.3) is 0 Å². The molecular formula is C15H15ClN2O3. The van der Waals surface area contributed by atoms with E-state index in [0.717, 1.165) is 0 Å². The monoisotopic (exact) mass is 306 g/mol. The van der Waals surface area contributed by atoms with Crippen LogP contribution in [0.15, 0.2) is 24.3 Å². The molecule has 0 amide bonds. The van der Waals surface area contributed by atoms with Gasteiger partial charge in [0.05, 0.1) is 0 Å². The molecule has 0 saturated carbocycles. The van der Waals surface area contributed by atoms with Crippen LogP contribution in [0.2, 0.25) is 5.15 Å². The number of nitrogens with zero attached hydrogens (tertiary/aromatic N) is 2. The highest BCUT2D eigenvalue weighted by Gasteiger charge is 2.20. The second-order valence-corrected chi connectivity index (χ2v) is 6.11. The zero-order valence-corrected chi connectivity index (χ0v) is 12.8. The van der Waals surface area contributed by atoms with Gasteiger partial charge in [-0.2, -0.15) is 4.98 Å². The van der Waals surface area contributed by atoms with E-state index in [9.17, 15) is 0 Å². The number of hydrogen-bond acceptors (Lipinski definition) is 5. The number of ether oxygens (including phenoxy) is 3. The Kier molecular flexibility index (Phi) is 3.37. The summed E-state index contributed by atoms with van der Waals surface area (Å²) in [5.41, 5.74) is -0.210. The second kappa shape index (κ2) is 5.07. The third kappa shape index (κ3) is 3.03. The normalized spacial score (nSPS) is 13.3. The molecule has 0 radical (unpaired) electrons. The minimum absolute atomic E-state index is 0.210. The molecule has 6 heteroatoms. The van der Waals surface area contributed by atoms with Crippen LogP contribution in [0.3, 0.4) is 0 Å². The Balaban J connectivity index is 1.89. The zero-order chi connectivity index (χ0) is 15.0. The number of aromatic nitrogens is 2. The lowest BCUT2D eigenvalue weighted by atomic mass is 9.96. The maximum Gasteiger partial charge on any atom is 0.231 e. The quantitative estimate of drug-likeness (QED) is 0.786. The van der Waals surface area contributed by atoms with Crippen LogP contribution in [-0.2, 0) is 5.41 Å². The molecule has 0 bridgehead atoms. The van der Waals surface area contributed by atoms with E-state index in [4.69, 9.17) is 25.8 Å².